The summed E-state index contributed by atoms with van der Waals surface area (Å²) in [7, 11) is 3.17. The SMILES string of the molecule is COc1cc(Cn2c3ccc(NC(=O)C(N)CCCCN)cc3c(=O)c3cc(NC(=O)C(N)CCCCN)ccc32)cc(OC)c1. The number of anilines is 2. The van der Waals surface area contributed by atoms with Crippen molar-refractivity contribution in [1.82, 2.24) is 4.57 Å². The minimum Gasteiger partial charge on any atom is -0.497 e. The van der Waals surface area contributed by atoms with Gasteiger partial charge >= 0.3 is 0 Å². The van der Waals surface area contributed by atoms with E-state index in [0.717, 1.165) is 31.2 Å². The van der Waals surface area contributed by atoms with Crippen LogP contribution >= 0.6 is 0 Å². The average Bonchev–Trinajstić information content (AvgIpc) is 3.06. The number of nitrogens with two attached hydrogens (primary N) is 4. The zero-order chi connectivity index (χ0) is 33.2. The third-order valence-electron chi connectivity index (χ3n) is 7.96. The Labute approximate surface area is 268 Å². The van der Waals surface area contributed by atoms with Crippen LogP contribution in [0.25, 0.3) is 21.8 Å². The van der Waals surface area contributed by atoms with Gasteiger partial charge in [0.05, 0.1) is 37.3 Å². The molecule has 0 radical (unpaired) electrons. The Morgan fingerprint density at radius 3 is 1.59 bits per heavy atom. The number of amides is 2. The normalized spacial score (nSPS) is 12.6. The van der Waals surface area contributed by atoms with Gasteiger partial charge in [-0.2, -0.15) is 0 Å². The van der Waals surface area contributed by atoms with Crippen LogP contribution in [0.2, 0.25) is 0 Å². The van der Waals surface area contributed by atoms with Gasteiger partial charge < -0.3 is 47.6 Å². The van der Waals surface area contributed by atoms with Crippen LogP contribution in [-0.4, -0.2) is 55.8 Å². The second-order valence-electron chi connectivity index (χ2n) is 11.4. The van der Waals surface area contributed by atoms with Crippen molar-refractivity contribution in [2.75, 3.05) is 37.9 Å². The molecule has 3 aromatic carbocycles. The number of ether oxygens (including phenoxy) is 2. The first-order valence-corrected chi connectivity index (χ1v) is 15.5. The van der Waals surface area contributed by atoms with Gasteiger partial charge in [-0.15, -0.1) is 0 Å². The highest BCUT2D eigenvalue weighted by Crippen LogP contribution is 2.28. The van der Waals surface area contributed by atoms with Crippen molar-refractivity contribution in [1.29, 1.82) is 0 Å². The Kier molecular flexibility index (Phi) is 12.1. The van der Waals surface area contributed by atoms with Crippen molar-refractivity contribution in [2.45, 2.75) is 57.2 Å². The van der Waals surface area contributed by atoms with Gasteiger partial charge in [0, 0.05) is 34.8 Å². The number of hydrogen-bond donors (Lipinski definition) is 6. The maximum atomic E-state index is 14.0. The predicted octanol–water partition coefficient (Wildman–Crippen LogP) is 3.01. The third kappa shape index (κ3) is 8.40. The highest BCUT2D eigenvalue weighted by Gasteiger charge is 2.18. The summed E-state index contributed by atoms with van der Waals surface area (Å²) in [6.45, 7) is 1.44. The monoisotopic (exact) mass is 631 g/mol. The Balaban J connectivity index is 1.78. The van der Waals surface area contributed by atoms with Gasteiger partial charge in [0.1, 0.15) is 11.5 Å². The lowest BCUT2D eigenvalue weighted by Crippen LogP contribution is -2.35. The lowest BCUT2D eigenvalue weighted by molar-refractivity contribution is -0.118. The zero-order valence-electron chi connectivity index (χ0n) is 26.5. The van der Waals surface area contributed by atoms with Gasteiger partial charge in [-0.1, -0.05) is 12.8 Å². The summed E-state index contributed by atoms with van der Waals surface area (Å²) in [5, 5.41) is 6.48. The van der Waals surface area contributed by atoms with E-state index in [9.17, 15) is 14.4 Å². The fourth-order valence-corrected chi connectivity index (χ4v) is 5.40. The number of nitrogens with one attached hydrogen (secondary N) is 2. The van der Waals surface area contributed by atoms with Crippen LogP contribution in [0.15, 0.2) is 59.4 Å². The number of carbonyl (C=O) groups excluding carboxylic acids is 2. The van der Waals surface area contributed by atoms with Gasteiger partial charge in [0.25, 0.3) is 0 Å². The van der Waals surface area contributed by atoms with Crippen molar-refractivity contribution >= 4 is 45.0 Å². The topological polar surface area (TPSA) is 203 Å². The van der Waals surface area contributed by atoms with Gasteiger partial charge in [-0.25, -0.2) is 0 Å². The largest absolute Gasteiger partial charge is 0.497 e. The lowest BCUT2D eigenvalue weighted by Gasteiger charge is -2.19. The molecule has 0 fully saturated rings. The molecule has 0 aliphatic heterocycles. The minimum atomic E-state index is -0.702. The number of rotatable bonds is 16. The molecule has 0 spiro atoms. The van der Waals surface area contributed by atoms with Crippen molar-refractivity contribution < 1.29 is 19.1 Å². The molecular weight excluding hydrogens is 586 g/mol. The van der Waals surface area contributed by atoms with Gasteiger partial charge in [0.15, 0.2) is 5.43 Å². The fourth-order valence-electron chi connectivity index (χ4n) is 5.40. The first-order chi connectivity index (χ1) is 22.2. The van der Waals surface area contributed by atoms with E-state index in [1.165, 1.54) is 0 Å². The second kappa shape index (κ2) is 16.2. The van der Waals surface area contributed by atoms with Crippen LogP contribution in [0.1, 0.15) is 44.1 Å². The van der Waals surface area contributed by atoms with E-state index in [-0.39, 0.29) is 17.2 Å². The van der Waals surface area contributed by atoms with Gasteiger partial charge in [0.2, 0.25) is 11.8 Å². The number of hydrogen-bond acceptors (Lipinski definition) is 9. The summed E-state index contributed by atoms with van der Waals surface area (Å²) in [6.07, 6.45) is 4.06. The number of nitrogens with zero attached hydrogens (tertiary/aromatic N) is 1. The maximum absolute atomic E-state index is 14.0. The number of unbranched alkanes of at least 4 members (excludes halogenated alkanes) is 2. The van der Waals surface area contributed by atoms with Crippen molar-refractivity contribution in [3.63, 3.8) is 0 Å². The molecule has 12 nitrogen and oxygen atoms in total. The minimum absolute atomic E-state index is 0.254. The van der Waals surface area contributed by atoms with E-state index < -0.39 is 12.1 Å². The smallest absolute Gasteiger partial charge is 0.241 e. The number of methoxy groups -OCH3 is 2. The first kappa shape index (κ1) is 34.4. The highest BCUT2D eigenvalue weighted by atomic mass is 16.5. The quantitative estimate of drug-likeness (QED) is 0.0794. The number of pyridine rings is 1. The Morgan fingerprint density at radius 2 is 1.17 bits per heavy atom. The molecule has 4 rings (SSSR count). The molecule has 0 aliphatic carbocycles. The Hall–Kier alpha value is -4.49. The predicted molar refractivity (Wildman–Crippen MR) is 183 cm³/mol. The Bertz CT molecular complexity index is 1620. The van der Waals surface area contributed by atoms with Crippen molar-refractivity contribution in [3.05, 3.63) is 70.4 Å². The van der Waals surface area contributed by atoms with E-state index in [4.69, 9.17) is 32.4 Å². The molecule has 0 saturated heterocycles. The van der Waals surface area contributed by atoms with Crippen LogP contribution in [0, 0.1) is 0 Å². The molecule has 1 aromatic heterocycles. The second-order valence-corrected chi connectivity index (χ2v) is 11.4. The highest BCUT2D eigenvalue weighted by molar-refractivity contribution is 6.01. The first-order valence-electron chi connectivity index (χ1n) is 15.5. The van der Waals surface area contributed by atoms with Gasteiger partial charge in [-0.3, -0.25) is 14.4 Å². The summed E-state index contributed by atoms with van der Waals surface area (Å²) in [5.41, 5.74) is 26.2. The van der Waals surface area contributed by atoms with Crippen LogP contribution in [0.3, 0.4) is 0 Å². The zero-order valence-corrected chi connectivity index (χ0v) is 26.5. The molecule has 10 N–H and O–H groups in total. The molecule has 0 aliphatic rings. The van der Waals surface area contributed by atoms with Crippen LogP contribution < -0.4 is 48.5 Å². The Morgan fingerprint density at radius 1 is 0.717 bits per heavy atom. The van der Waals surface area contributed by atoms with Crippen LogP contribution in [-0.2, 0) is 16.1 Å². The summed E-state index contributed by atoms with van der Waals surface area (Å²) >= 11 is 0. The number of fused-ring (bicyclic) bond motifs is 2. The molecular formula is C34H45N7O5. The molecule has 1 heterocycles. The number of benzene rings is 3. The van der Waals surface area contributed by atoms with E-state index in [1.54, 1.807) is 56.7 Å². The summed E-state index contributed by atoms with van der Waals surface area (Å²) in [6, 6.07) is 14.6. The molecule has 246 valence electrons. The van der Waals surface area contributed by atoms with E-state index >= 15 is 0 Å². The maximum Gasteiger partial charge on any atom is 0.241 e. The molecule has 0 bridgehead atoms. The molecule has 4 aromatic rings. The van der Waals surface area contributed by atoms with E-state index in [1.807, 2.05) is 16.7 Å². The van der Waals surface area contributed by atoms with Crippen LogP contribution in [0.5, 0.6) is 11.5 Å². The molecule has 12 heteroatoms. The molecule has 46 heavy (non-hydrogen) atoms. The van der Waals surface area contributed by atoms with Crippen molar-refractivity contribution in [2.24, 2.45) is 22.9 Å². The number of carbonyl (C=O) groups is 2. The molecule has 0 saturated carbocycles. The molecule has 2 amide bonds. The lowest BCUT2D eigenvalue weighted by atomic mass is 10.1. The summed E-state index contributed by atoms with van der Waals surface area (Å²) in [5.74, 6) is 0.580. The molecule has 2 atom stereocenters. The van der Waals surface area contributed by atoms with Crippen LogP contribution in [0.4, 0.5) is 11.4 Å². The van der Waals surface area contributed by atoms with E-state index in [0.29, 0.717) is 77.2 Å². The van der Waals surface area contributed by atoms with Gasteiger partial charge in [-0.05, 0) is 92.9 Å². The standard InChI is InChI=1S/C34H45N7O5/c1-45-24-15-21(16-25(19-24)46-2)20-41-30-11-9-22(39-33(43)28(37)7-3-5-13-35)17-26(30)32(42)27-18-23(10-12-31(27)41)40-34(44)29(38)8-4-6-14-36/h9-12,15-19,28-29H,3-8,13-14,20,35-38H2,1-2H3,(H,39,43)(H,40,44). The third-order valence-corrected chi connectivity index (χ3v) is 7.96. The van der Waals surface area contributed by atoms with Crippen molar-refractivity contribution in [3.8, 4) is 11.5 Å². The molecule has 2 unspecified atom stereocenters. The summed E-state index contributed by atoms with van der Waals surface area (Å²) in [4.78, 5) is 39.7. The fraction of sp³-hybridized carbons (Fsp3) is 0.382. The number of aromatic nitrogens is 1. The van der Waals surface area contributed by atoms with E-state index in [2.05, 4.69) is 10.6 Å². The summed E-state index contributed by atoms with van der Waals surface area (Å²) < 4.78 is 13.0. The average molecular weight is 632 g/mol.